The van der Waals surface area contributed by atoms with Crippen molar-refractivity contribution >= 4 is 49.9 Å². The van der Waals surface area contributed by atoms with Crippen LogP contribution in [0.15, 0.2) is 48.7 Å². The van der Waals surface area contributed by atoms with Gasteiger partial charge < -0.3 is 15.5 Å². The standard InChI is InChI=1S/C26H29N5OS/c1-26(2,3)17-6-5-7-18(12-17)29-25-28-14-16-8-9-21-20(23(16)30-25)13-22(33-21)24(32)31-11-10-19(15-31)27-4/h5-9,12-14,19,27H,10-11,15H2,1-4H3,(H,28,29,30). The van der Waals surface area contributed by atoms with Gasteiger partial charge in [0.05, 0.1) is 10.4 Å². The summed E-state index contributed by atoms with van der Waals surface area (Å²) < 4.78 is 1.06. The van der Waals surface area contributed by atoms with E-state index in [2.05, 4.69) is 60.7 Å². The normalized spacial score (nSPS) is 16.6. The highest BCUT2D eigenvalue weighted by Crippen LogP contribution is 2.33. The Bertz CT molecular complexity index is 1340. The third-order valence-corrected chi connectivity index (χ3v) is 7.41. The average molecular weight is 460 g/mol. The van der Waals surface area contributed by atoms with Crippen LogP contribution >= 0.6 is 11.3 Å². The van der Waals surface area contributed by atoms with E-state index in [0.29, 0.717) is 12.0 Å². The molecule has 2 aromatic heterocycles. The number of nitrogens with zero attached hydrogens (tertiary/aromatic N) is 3. The first-order valence-electron chi connectivity index (χ1n) is 11.4. The number of carbonyl (C=O) groups is 1. The quantitative estimate of drug-likeness (QED) is 0.432. The van der Waals surface area contributed by atoms with E-state index < -0.39 is 0 Å². The molecule has 0 bridgehead atoms. The Hall–Kier alpha value is -3.03. The maximum atomic E-state index is 13.1. The number of nitrogens with one attached hydrogen (secondary N) is 2. The fraction of sp³-hybridized carbons (Fsp3) is 0.346. The smallest absolute Gasteiger partial charge is 0.264 e. The van der Waals surface area contributed by atoms with Crippen molar-refractivity contribution in [3.05, 3.63) is 59.1 Å². The lowest BCUT2D eigenvalue weighted by molar-refractivity contribution is 0.0794. The highest BCUT2D eigenvalue weighted by atomic mass is 32.1. The summed E-state index contributed by atoms with van der Waals surface area (Å²) in [6.07, 6.45) is 2.84. The maximum Gasteiger partial charge on any atom is 0.264 e. The first-order valence-corrected chi connectivity index (χ1v) is 12.2. The molecule has 1 atom stereocenters. The lowest BCUT2D eigenvalue weighted by Crippen LogP contribution is -2.33. The van der Waals surface area contributed by atoms with Crippen LogP contribution in [0.1, 0.15) is 42.4 Å². The first-order chi connectivity index (χ1) is 15.8. The monoisotopic (exact) mass is 459 g/mol. The molecule has 0 spiro atoms. The summed E-state index contributed by atoms with van der Waals surface area (Å²) in [6.45, 7) is 8.15. The predicted molar refractivity (Wildman–Crippen MR) is 137 cm³/mol. The highest BCUT2D eigenvalue weighted by molar-refractivity contribution is 7.21. The van der Waals surface area contributed by atoms with Gasteiger partial charge >= 0.3 is 0 Å². The number of benzene rings is 2. The molecule has 0 radical (unpaired) electrons. The van der Waals surface area contributed by atoms with Gasteiger partial charge in [-0.3, -0.25) is 4.79 Å². The lowest BCUT2D eigenvalue weighted by Gasteiger charge is -2.19. The molecule has 5 rings (SSSR count). The summed E-state index contributed by atoms with van der Waals surface area (Å²) in [4.78, 5) is 25.2. The third kappa shape index (κ3) is 4.30. The molecule has 33 heavy (non-hydrogen) atoms. The van der Waals surface area contributed by atoms with Crippen molar-refractivity contribution in [3.63, 3.8) is 0 Å². The van der Waals surface area contributed by atoms with Crippen LogP contribution in [-0.4, -0.2) is 47.0 Å². The van der Waals surface area contributed by atoms with Gasteiger partial charge in [-0.2, -0.15) is 0 Å². The van der Waals surface area contributed by atoms with Gasteiger partial charge in [0.15, 0.2) is 0 Å². The fourth-order valence-electron chi connectivity index (χ4n) is 4.30. The summed E-state index contributed by atoms with van der Waals surface area (Å²) in [5.74, 6) is 0.657. The number of amides is 1. The lowest BCUT2D eigenvalue weighted by atomic mass is 9.87. The van der Waals surface area contributed by atoms with Crippen LogP contribution in [0, 0.1) is 0 Å². The van der Waals surface area contributed by atoms with E-state index in [1.54, 1.807) is 0 Å². The molecule has 7 heteroatoms. The van der Waals surface area contributed by atoms with E-state index in [-0.39, 0.29) is 11.3 Å². The van der Waals surface area contributed by atoms with Crippen molar-refractivity contribution in [2.24, 2.45) is 0 Å². The van der Waals surface area contributed by atoms with Gasteiger partial charge in [-0.25, -0.2) is 9.97 Å². The first kappa shape index (κ1) is 21.8. The van der Waals surface area contributed by atoms with Gasteiger partial charge in [0.25, 0.3) is 5.91 Å². The van der Waals surface area contributed by atoms with E-state index in [4.69, 9.17) is 4.98 Å². The molecule has 1 aliphatic rings. The maximum absolute atomic E-state index is 13.1. The highest BCUT2D eigenvalue weighted by Gasteiger charge is 2.27. The van der Waals surface area contributed by atoms with Gasteiger partial charge in [0, 0.05) is 46.5 Å². The summed E-state index contributed by atoms with van der Waals surface area (Å²) >= 11 is 1.54. The van der Waals surface area contributed by atoms with E-state index >= 15 is 0 Å². The molecule has 2 aromatic carbocycles. The molecule has 4 aromatic rings. The number of aromatic nitrogens is 2. The van der Waals surface area contributed by atoms with Crippen LogP contribution < -0.4 is 10.6 Å². The molecule has 1 saturated heterocycles. The number of carbonyl (C=O) groups excluding carboxylic acids is 1. The van der Waals surface area contributed by atoms with Gasteiger partial charge in [-0.1, -0.05) is 32.9 Å². The third-order valence-electron chi connectivity index (χ3n) is 6.33. The number of likely N-dealkylation sites (N-methyl/N-ethyl adjacent to an activating group) is 1. The molecule has 1 fully saturated rings. The van der Waals surface area contributed by atoms with Gasteiger partial charge in [-0.05, 0) is 54.8 Å². The summed E-state index contributed by atoms with van der Waals surface area (Å²) in [6, 6.07) is 14.8. The predicted octanol–water partition coefficient (Wildman–Crippen LogP) is 5.32. The molecule has 1 amide bonds. The van der Waals surface area contributed by atoms with Crippen LogP contribution in [0.5, 0.6) is 0 Å². The second-order valence-electron chi connectivity index (χ2n) is 9.70. The zero-order valence-corrected chi connectivity index (χ0v) is 20.3. The Morgan fingerprint density at radius 1 is 1.18 bits per heavy atom. The number of likely N-dealkylation sites (tertiary alicyclic amines) is 1. The Morgan fingerprint density at radius 2 is 2.03 bits per heavy atom. The van der Waals surface area contributed by atoms with Crippen molar-refractivity contribution in [3.8, 4) is 0 Å². The second-order valence-corrected chi connectivity index (χ2v) is 10.8. The molecule has 1 aliphatic heterocycles. The molecule has 0 aliphatic carbocycles. The van der Waals surface area contributed by atoms with E-state index in [1.165, 1.54) is 16.9 Å². The van der Waals surface area contributed by atoms with E-state index in [1.807, 2.05) is 36.3 Å². The van der Waals surface area contributed by atoms with Crippen molar-refractivity contribution < 1.29 is 4.79 Å². The number of rotatable bonds is 4. The second kappa shape index (κ2) is 8.39. The largest absolute Gasteiger partial charge is 0.336 e. The molecule has 3 heterocycles. The number of hydrogen-bond acceptors (Lipinski definition) is 6. The van der Waals surface area contributed by atoms with Gasteiger partial charge in [0.1, 0.15) is 0 Å². The van der Waals surface area contributed by atoms with Crippen LogP contribution in [0.25, 0.3) is 21.0 Å². The van der Waals surface area contributed by atoms with E-state index in [0.717, 1.165) is 51.1 Å². The Kier molecular flexibility index (Phi) is 5.54. The Balaban J connectivity index is 1.47. The number of thiophene rings is 1. The minimum Gasteiger partial charge on any atom is -0.336 e. The van der Waals surface area contributed by atoms with Crippen molar-refractivity contribution in [2.45, 2.75) is 38.6 Å². The average Bonchev–Trinajstić information content (AvgIpc) is 3.45. The van der Waals surface area contributed by atoms with Crippen LogP contribution in [0.4, 0.5) is 11.6 Å². The number of anilines is 2. The Morgan fingerprint density at radius 3 is 2.79 bits per heavy atom. The van der Waals surface area contributed by atoms with E-state index in [9.17, 15) is 4.79 Å². The molecule has 0 saturated carbocycles. The van der Waals surface area contributed by atoms with Crippen molar-refractivity contribution in [1.82, 2.24) is 20.2 Å². The zero-order valence-electron chi connectivity index (χ0n) is 19.5. The molecular weight excluding hydrogens is 430 g/mol. The topological polar surface area (TPSA) is 70.2 Å². The van der Waals surface area contributed by atoms with Crippen LogP contribution in [-0.2, 0) is 5.41 Å². The number of hydrogen-bond donors (Lipinski definition) is 2. The minimum atomic E-state index is 0.0657. The van der Waals surface area contributed by atoms with Crippen LogP contribution in [0.3, 0.4) is 0 Å². The van der Waals surface area contributed by atoms with Crippen molar-refractivity contribution in [2.75, 3.05) is 25.5 Å². The molecule has 1 unspecified atom stereocenters. The SMILES string of the molecule is CNC1CCN(C(=O)c2cc3c(ccc4cnc(Nc5cccc(C(C)(C)C)c5)nc43)s2)C1. The molecular formula is C26H29N5OS. The zero-order chi connectivity index (χ0) is 23.2. The molecule has 2 N–H and O–H groups in total. The fourth-order valence-corrected chi connectivity index (χ4v) is 5.33. The van der Waals surface area contributed by atoms with Crippen LogP contribution in [0.2, 0.25) is 0 Å². The van der Waals surface area contributed by atoms with Gasteiger partial charge in [-0.15, -0.1) is 11.3 Å². The molecule has 170 valence electrons. The minimum absolute atomic E-state index is 0.0657. The van der Waals surface area contributed by atoms with Crippen molar-refractivity contribution in [1.29, 1.82) is 0 Å². The summed E-state index contributed by atoms with van der Waals surface area (Å²) in [5, 5.41) is 8.59. The number of fused-ring (bicyclic) bond motifs is 3. The van der Waals surface area contributed by atoms with Gasteiger partial charge in [0.2, 0.25) is 5.95 Å². The summed E-state index contributed by atoms with van der Waals surface area (Å²) in [5.41, 5.74) is 3.14. The molecule has 6 nitrogen and oxygen atoms in total. The Labute approximate surface area is 198 Å². The summed E-state index contributed by atoms with van der Waals surface area (Å²) in [7, 11) is 1.95.